The quantitative estimate of drug-likeness (QED) is 0.545. The van der Waals surface area contributed by atoms with E-state index in [0.717, 1.165) is 51.6 Å². The van der Waals surface area contributed by atoms with E-state index in [-0.39, 0.29) is 11.9 Å². The van der Waals surface area contributed by atoms with E-state index in [4.69, 9.17) is 0 Å². The predicted molar refractivity (Wildman–Crippen MR) is 89.9 cm³/mol. The van der Waals surface area contributed by atoms with E-state index >= 15 is 0 Å². The normalized spacial score (nSPS) is 13.5. The van der Waals surface area contributed by atoms with Crippen LogP contribution in [0, 0.1) is 0 Å². The van der Waals surface area contributed by atoms with Crippen molar-refractivity contribution in [2.75, 3.05) is 13.7 Å². The molecule has 1 aliphatic heterocycles. The molecule has 0 spiro atoms. The van der Waals surface area contributed by atoms with E-state index in [1.165, 1.54) is 18.2 Å². The maximum atomic E-state index is 12.3. The Labute approximate surface area is 138 Å². The van der Waals surface area contributed by atoms with E-state index in [1.807, 2.05) is 11.0 Å². The van der Waals surface area contributed by atoms with Crippen molar-refractivity contribution in [1.82, 2.24) is 4.90 Å². The number of ether oxygens (including phenoxy) is 1. The van der Waals surface area contributed by atoms with Gasteiger partial charge in [0.25, 0.3) is 0 Å². The van der Waals surface area contributed by atoms with Gasteiger partial charge in [-0.05, 0) is 30.4 Å². The van der Waals surface area contributed by atoms with Gasteiger partial charge in [-0.1, -0.05) is 43.5 Å². The Bertz CT molecular complexity index is 527. The topological polar surface area (TPSA) is 46.6 Å². The van der Waals surface area contributed by atoms with Crippen LogP contribution in [-0.4, -0.2) is 30.4 Å². The third-order valence-electron chi connectivity index (χ3n) is 4.48. The van der Waals surface area contributed by atoms with Crippen LogP contribution in [0.3, 0.4) is 0 Å². The Morgan fingerprint density at radius 1 is 1.00 bits per heavy atom. The van der Waals surface area contributed by atoms with Crippen LogP contribution in [-0.2, 0) is 27.3 Å². The molecule has 0 bridgehead atoms. The first kappa shape index (κ1) is 17.5. The van der Waals surface area contributed by atoms with Crippen LogP contribution in [0.4, 0.5) is 0 Å². The number of esters is 1. The predicted octanol–water partition coefficient (Wildman–Crippen LogP) is 3.48. The maximum Gasteiger partial charge on any atom is 0.305 e. The molecule has 0 unspecified atom stereocenters. The van der Waals surface area contributed by atoms with E-state index < -0.39 is 0 Å². The summed E-state index contributed by atoms with van der Waals surface area (Å²) in [5.41, 5.74) is 2.66. The second kappa shape index (κ2) is 9.33. The summed E-state index contributed by atoms with van der Waals surface area (Å²) in [6.45, 7) is 1.60. The zero-order chi connectivity index (χ0) is 16.5. The Kier molecular flexibility index (Phi) is 7.11. The molecule has 4 heteroatoms. The second-order valence-electron chi connectivity index (χ2n) is 6.18. The Morgan fingerprint density at radius 2 is 1.65 bits per heavy atom. The van der Waals surface area contributed by atoms with E-state index in [1.54, 1.807) is 0 Å². The van der Waals surface area contributed by atoms with Gasteiger partial charge in [-0.25, -0.2) is 0 Å². The summed E-state index contributed by atoms with van der Waals surface area (Å²) < 4.78 is 4.61. The number of unbranched alkanes of at least 4 members (excludes halogenated alkanes) is 4. The zero-order valence-corrected chi connectivity index (χ0v) is 14.1. The minimum absolute atomic E-state index is 0.134. The molecule has 4 nitrogen and oxygen atoms in total. The lowest BCUT2D eigenvalue weighted by molar-refractivity contribution is -0.140. The van der Waals surface area contributed by atoms with Gasteiger partial charge in [-0.2, -0.15) is 0 Å². The smallest absolute Gasteiger partial charge is 0.305 e. The summed E-state index contributed by atoms with van der Waals surface area (Å²) in [6, 6.07) is 8.39. The van der Waals surface area contributed by atoms with E-state index in [9.17, 15) is 9.59 Å². The van der Waals surface area contributed by atoms with Crippen LogP contribution in [0.15, 0.2) is 24.3 Å². The van der Waals surface area contributed by atoms with Crippen molar-refractivity contribution in [2.24, 2.45) is 0 Å². The standard InChI is InChI=1S/C19H27NO3/c1-23-19(22)12-6-4-2-3-5-11-18(21)20-14-13-16-9-7-8-10-17(16)15-20/h7-10H,2-6,11-15H2,1H3. The number of rotatable bonds is 8. The number of carbonyl (C=O) groups excluding carboxylic acids is 2. The van der Waals surface area contributed by atoms with Crippen LogP contribution in [0.2, 0.25) is 0 Å². The zero-order valence-electron chi connectivity index (χ0n) is 14.1. The highest BCUT2D eigenvalue weighted by molar-refractivity contribution is 5.76. The fourth-order valence-electron chi connectivity index (χ4n) is 3.04. The van der Waals surface area contributed by atoms with Crippen molar-refractivity contribution in [3.8, 4) is 0 Å². The highest BCUT2D eigenvalue weighted by atomic mass is 16.5. The number of methoxy groups -OCH3 is 1. The lowest BCUT2D eigenvalue weighted by Crippen LogP contribution is -2.35. The largest absolute Gasteiger partial charge is 0.469 e. The Balaban J connectivity index is 1.58. The van der Waals surface area contributed by atoms with Crippen molar-refractivity contribution in [2.45, 2.75) is 57.9 Å². The van der Waals surface area contributed by atoms with Crippen molar-refractivity contribution in [3.05, 3.63) is 35.4 Å². The molecule has 1 aliphatic rings. The summed E-state index contributed by atoms with van der Waals surface area (Å²) in [6.07, 6.45) is 7.08. The molecule has 23 heavy (non-hydrogen) atoms. The number of amides is 1. The number of carbonyl (C=O) groups is 2. The van der Waals surface area contributed by atoms with Crippen molar-refractivity contribution >= 4 is 11.9 Å². The van der Waals surface area contributed by atoms with Gasteiger partial charge in [0.15, 0.2) is 0 Å². The van der Waals surface area contributed by atoms with Crippen LogP contribution in [0.5, 0.6) is 0 Å². The first-order valence-corrected chi connectivity index (χ1v) is 8.62. The molecule has 0 saturated heterocycles. The van der Waals surface area contributed by atoms with Crippen LogP contribution in [0.1, 0.15) is 56.1 Å². The first-order valence-electron chi connectivity index (χ1n) is 8.62. The fraction of sp³-hybridized carbons (Fsp3) is 0.579. The average molecular weight is 317 g/mol. The molecule has 0 aliphatic carbocycles. The molecular formula is C19H27NO3. The molecule has 1 aromatic rings. The van der Waals surface area contributed by atoms with Gasteiger partial charge in [0.05, 0.1) is 7.11 Å². The summed E-state index contributed by atoms with van der Waals surface area (Å²) in [4.78, 5) is 25.3. The molecule has 1 aromatic carbocycles. The SMILES string of the molecule is COC(=O)CCCCCCCC(=O)N1CCc2ccccc2C1. The molecule has 0 radical (unpaired) electrons. The number of fused-ring (bicyclic) bond motifs is 1. The van der Waals surface area contributed by atoms with E-state index in [2.05, 4.69) is 22.9 Å². The molecule has 0 atom stereocenters. The third-order valence-corrected chi connectivity index (χ3v) is 4.48. The molecule has 0 N–H and O–H groups in total. The van der Waals surface area contributed by atoms with Gasteiger partial charge in [-0.3, -0.25) is 9.59 Å². The molecule has 2 rings (SSSR count). The van der Waals surface area contributed by atoms with Gasteiger partial charge in [-0.15, -0.1) is 0 Å². The average Bonchev–Trinajstić information content (AvgIpc) is 2.60. The lowest BCUT2D eigenvalue weighted by atomic mass is 9.99. The van der Waals surface area contributed by atoms with Crippen LogP contribution in [0.25, 0.3) is 0 Å². The molecule has 1 heterocycles. The van der Waals surface area contributed by atoms with Crippen molar-refractivity contribution in [3.63, 3.8) is 0 Å². The van der Waals surface area contributed by atoms with Crippen molar-refractivity contribution in [1.29, 1.82) is 0 Å². The molecular weight excluding hydrogens is 290 g/mol. The first-order chi connectivity index (χ1) is 11.2. The highest BCUT2D eigenvalue weighted by Gasteiger charge is 2.19. The van der Waals surface area contributed by atoms with Gasteiger partial charge >= 0.3 is 5.97 Å². The van der Waals surface area contributed by atoms with E-state index in [0.29, 0.717) is 12.8 Å². The fourth-order valence-corrected chi connectivity index (χ4v) is 3.04. The second-order valence-corrected chi connectivity index (χ2v) is 6.18. The Morgan fingerprint density at radius 3 is 2.39 bits per heavy atom. The highest BCUT2D eigenvalue weighted by Crippen LogP contribution is 2.19. The summed E-state index contributed by atoms with van der Waals surface area (Å²) in [5.74, 6) is 0.139. The number of nitrogens with zero attached hydrogens (tertiary/aromatic N) is 1. The summed E-state index contributed by atoms with van der Waals surface area (Å²) >= 11 is 0. The maximum absolute atomic E-state index is 12.3. The minimum atomic E-state index is -0.134. The summed E-state index contributed by atoms with van der Waals surface area (Å²) in [5, 5.41) is 0. The molecule has 0 fully saturated rings. The number of benzene rings is 1. The molecule has 1 amide bonds. The number of hydrogen-bond acceptors (Lipinski definition) is 3. The van der Waals surface area contributed by atoms with Gasteiger partial charge in [0.1, 0.15) is 0 Å². The minimum Gasteiger partial charge on any atom is -0.469 e. The molecule has 126 valence electrons. The van der Waals surface area contributed by atoms with Crippen LogP contribution < -0.4 is 0 Å². The van der Waals surface area contributed by atoms with Crippen molar-refractivity contribution < 1.29 is 14.3 Å². The van der Waals surface area contributed by atoms with Gasteiger partial charge in [0, 0.05) is 25.9 Å². The Hall–Kier alpha value is -1.84. The number of hydrogen-bond donors (Lipinski definition) is 0. The monoisotopic (exact) mass is 317 g/mol. The van der Waals surface area contributed by atoms with Gasteiger partial charge < -0.3 is 9.64 Å². The van der Waals surface area contributed by atoms with Gasteiger partial charge in [0.2, 0.25) is 5.91 Å². The molecule has 0 aromatic heterocycles. The van der Waals surface area contributed by atoms with Crippen LogP contribution >= 0.6 is 0 Å². The third kappa shape index (κ3) is 5.70. The molecule has 0 saturated carbocycles. The summed E-state index contributed by atoms with van der Waals surface area (Å²) in [7, 11) is 1.42. The lowest BCUT2D eigenvalue weighted by Gasteiger charge is -2.29.